The fraction of sp³-hybridized carbons (Fsp3) is 0.600. The molecule has 0 aromatic heterocycles. The van der Waals surface area contributed by atoms with Crippen LogP contribution in [0.5, 0.6) is 5.75 Å². The highest BCUT2D eigenvalue weighted by Gasteiger charge is 2.29. The highest BCUT2D eigenvalue weighted by atomic mass is 16.6. The quantitative estimate of drug-likeness (QED) is 0.641. The van der Waals surface area contributed by atoms with Crippen molar-refractivity contribution in [2.24, 2.45) is 11.8 Å². The molecular formula is C20H31NO5. The Bertz CT molecular complexity index is 585. The molecule has 0 aliphatic carbocycles. The fourth-order valence-corrected chi connectivity index (χ4v) is 2.21. The average Bonchev–Trinajstić information content (AvgIpc) is 2.58. The molecule has 0 saturated carbocycles. The van der Waals surface area contributed by atoms with E-state index in [0.717, 1.165) is 6.42 Å². The number of ether oxygens (including phenoxy) is 3. The van der Waals surface area contributed by atoms with Crippen LogP contribution in [-0.2, 0) is 19.1 Å². The van der Waals surface area contributed by atoms with Crippen molar-refractivity contribution in [1.82, 2.24) is 0 Å². The van der Waals surface area contributed by atoms with Crippen LogP contribution in [0.2, 0.25) is 0 Å². The molecule has 2 atom stereocenters. The molecule has 1 aromatic rings. The molecule has 146 valence electrons. The molecule has 0 aliphatic heterocycles. The van der Waals surface area contributed by atoms with E-state index in [0.29, 0.717) is 24.0 Å². The van der Waals surface area contributed by atoms with E-state index in [-0.39, 0.29) is 5.92 Å². The number of hydrogen-bond acceptors (Lipinski definition) is 5. The molecule has 1 N–H and O–H groups in total. The number of amides is 1. The van der Waals surface area contributed by atoms with E-state index in [1.54, 1.807) is 25.1 Å². The van der Waals surface area contributed by atoms with Gasteiger partial charge in [-0.3, -0.25) is 4.79 Å². The second-order valence-electron chi connectivity index (χ2n) is 6.99. The number of nitrogens with one attached hydrogen (secondary N) is 1. The zero-order chi connectivity index (χ0) is 19.7. The van der Waals surface area contributed by atoms with E-state index >= 15 is 0 Å². The lowest BCUT2D eigenvalue weighted by molar-refractivity contribution is -0.167. The monoisotopic (exact) mass is 365 g/mol. The lowest BCUT2D eigenvalue weighted by Crippen LogP contribution is -2.39. The van der Waals surface area contributed by atoms with Crippen LogP contribution in [0.4, 0.5) is 5.69 Å². The van der Waals surface area contributed by atoms with Gasteiger partial charge in [0.05, 0.1) is 12.8 Å². The first-order valence-electron chi connectivity index (χ1n) is 9.02. The van der Waals surface area contributed by atoms with Gasteiger partial charge in [0, 0.05) is 6.61 Å². The molecule has 1 amide bonds. The van der Waals surface area contributed by atoms with Crippen LogP contribution >= 0.6 is 0 Å². The van der Waals surface area contributed by atoms with Crippen LogP contribution in [-0.4, -0.2) is 37.8 Å². The van der Waals surface area contributed by atoms with Gasteiger partial charge in [0.15, 0.2) is 12.2 Å². The molecule has 0 saturated heterocycles. The molecule has 0 spiro atoms. The minimum Gasteiger partial charge on any atom is -0.495 e. The lowest BCUT2D eigenvalue weighted by Gasteiger charge is -2.23. The van der Waals surface area contributed by atoms with Gasteiger partial charge < -0.3 is 19.5 Å². The summed E-state index contributed by atoms with van der Waals surface area (Å²) in [5, 5.41) is 2.76. The average molecular weight is 365 g/mol. The Morgan fingerprint density at radius 1 is 1.08 bits per heavy atom. The summed E-state index contributed by atoms with van der Waals surface area (Å²) in [6.07, 6.45) is -0.767. The third-order valence-corrected chi connectivity index (χ3v) is 3.87. The zero-order valence-electron chi connectivity index (χ0n) is 16.6. The smallest absolute Gasteiger partial charge is 0.335 e. The predicted molar refractivity (Wildman–Crippen MR) is 101 cm³/mol. The number of methoxy groups -OCH3 is 1. The molecule has 1 rings (SSSR count). The molecule has 26 heavy (non-hydrogen) atoms. The Morgan fingerprint density at radius 3 is 2.31 bits per heavy atom. The molecule has 0 fully saturated rings. The van der Waals surface area contributed by atoms with Crippen molar-refractivity contribution in [3.8, 4) is 5.75 Å². The number of anilines is 1. The molecule has 2 unspecified atom stereocenters. The van der Waals surface area contributed by atoms with Crippen molar-refractivity contribution in [2.75, 3.05) is 19.0 Å². The SMILES string of the molecule is COc1ccccc1NC(=O)C(OC(=O)C(C)OCCC(C)C)C(C)C. The minimum absolute atomic E-state index is 0.184. The first-order valence-corrected chi connectivity index (χ1v) is 9.02. The molecular weight excluding hydrogens is 334 g/mol. The van der Waals surface area contributed by atoms with Gasteiger partial charge in [-0.2, -0.15) is 0 Å². The Kier molecular flexibility index (Phi) is 9.13. The van der Waals surface area contributed by atoms with Gasteiger partial charge in [0.25, 0.3) is 5.91 Å². The molecule has 6 nitrogen and oxygen atoms in total. The summed E-state index contributed by atoms with van der Waals surface area (Å²) in [6.45, 7) is 9.94. The Hall–Kier alpha value is -2.08. The van der Waals surface area contributed by atoms with E-state index in [1.807, 2.05) is 19.9 Å². The van der Waals surface area contributed by atoms with Crippen molar-refractivity contribution in [1.29, 1.82) is 0 Å². The first-order chi connectivity index (χ1) is 12.3. The minimum atomic E-state index is -0.913. The number of benzene rings is 1. The second-order valence-corrected chi connectivity index (χ2v) is 6.99. The molecule has 1 aromatic carbocycles. The molecule has 6 heteroatoms. The number of rotatable bonds is 10. The summed E-state index contributed by atoms with van der Waals surface area (Å²) >= 11 is 0. The fourth-order valence-electron chi connectivity index (χ4n) is 2.21. The van der Waals surface area contributed by atoms with Gasteiger partial charge in [-0.25, -0.2) is 4.79 Å². The van der Waals surface area contributed by atoms with E-state index in [4.69, 9.17) is 14.2 Å². The van der Waals surface area contributed by atoms with Gasteiger partial charge in [-0.05, 0) is 37.3 Å². The van der Waals surface area contributed by atoms with Gasteiger partial charge in [0.1, 0.15) is 5.75 Å². The Morgan fingerprint density at radius 2 is 1.73 bits per heavy atom. The van der Waals surface area contributed by atoms with Crippen LogP contribution in [0.3, 0.4) is 0 Å². The summed E-state index contributed by atoms with van der Waals surface area (Å²) in [4.78, 5) is 24.9. The summed E-state index contributed by atoms with van der Waals surface area (Å²) in [6, 6.07) is 7.08. The standard InChI is InChI=1S/C20H31NO5/c1-13(2)11-12-25-15(5)20(23)26-18(14(3)4)19(22)21-16-9-7-8-10-17(16)24-6/h7-10,13-15,18H,11-12H2,1-6H3,(H,21,22). The summed E-state index contributed by atoms with van der Waals surface area (Å²) < 4.78 is 16.2. The maximum Gasteiger partial charge on any atom is 0.335 e. The van der Waals surface area contributed by atoms with Crippen LogP contribution in [0.25, 0.3) is 0 Å². The molecule has 0 bridgehead atoms. The summed E-state index contributed by atoms with van der Waals surface area (Å²) in [7, 11) is 1.53. The summed E-state index contributed by atoms with van der Waals surface area (Å²) in [5.41, 5.74) is 0.530. The third kappa shape index (κ3) is 7.04. The van der Waals surface area contributed by atoms with E-state index in [1.165, 1.54) is 7.11 Å². The topological polar surface area (TPSA) is 73.9 Å². The highest BCUT2D eigenvalue weighted by Crippen LogP contribution is 2.24. The maximum absolute atomic E-state index is 12.6. The third-order valence-electron chi connectivity index (χ3n) is 3.87. The largest absolute Gasteiger partial charge is 0.495 e. The van der Waals surface area contributed by atoms with Crippen molar-refractivity contribution in [3.05, 3.63) is 24.3 Å². The number of esters is 1. The van der Waals surface area contributed by atoms with Gasteiger partial charge >= 0.3 is 5.97 Å². The van der Waals surface area contributed by atoms with Crippen molar-refractivity contribution >= 4 is 17.6 Å². The molecule has 0 heterocycles. The van der Waals surface area contributed by atoms with Gasteiger partial charge in [-0.15, -0.1) is 0 Å². The van der Waals surface area contributed by atoms with E-state index in [9.17, 15) is 9.59 Å². The van der Waals surface area contributed by atoms with Crippen LogP contribution in [0.15, 0.2) is 24.3 Å². The van der Waals surface area contributed by atoms with E-state index in [2.05, 4.69) is 19.2 Å². The second kappa shape index (κ2) is 10.8. The van der Waals surface area contributed by atoms with Gasteiger partial charge in [0.2, 0.25) is 0 Å². The Labute approximate surface area is 156 Å². The van der Waals surface area contributed by atoms with Crippen LogP contribution in [0.1, 0.15) is 41.0 Å². The highest BCUT2D eigenvalue weighted by molar-refractivity contribution is 5.96. The maximum atomic E-state index is 12.6. The van der Waals surface area contributed by atoms with E-state index < -0.39 is 24.1 Å². The van der Waals surface area contributed by atoms with Crippen molar-refractivity contribution < 1.29 is 23.8 Å². The first kappa shape index (κ1) is 22.0. The number of carbonyl (C=O) groups is 2. The Balaban J connectivity index is 2.69. The van der Waals surface area contributed by atoms with Crippen molar-refractivity contribution in [3.63, 3.8) is 0 Å². The summed E-state index contributed by atoms with van der Waals surface area (Å²) in [5.74, 6) is -0.0836. The number of carbonyl (C=O) groups excluding carboxylic acids is 2. The number of para-hydroxylation sites is 2. The zero-order valence-corrected chi connectivity index (χ0v) is 16.6. The van der Waals surface area contributed by atoms with Crippen LogP contribution in [0, 0.1) is 11.8 Å². The normalized spacial score (nSPS) is 13.4. The molecule has 0 aliphatic rings. The van der Waals surface area contributed by atoms with Crippen LogP contribution < -0.4 is 10.1 Å². The lowest BCUT2D eigenvalue weighted by atomic mass is 10.1. The predicted octanol–water partition coefficient (Wildman–Crippen LogP) is 3.65. The molecule has 0 radical (unpaired) electrons. The number of hydrogen-bond donors (Lipinski definition) is 1. The van der Waals surface area contributed by atoms with Gasteiger partial charge in [-0.1, -0.05) is 39.8 Å². The van der Waals surface area contributed by atoms with Crippen molar-refractivity contribution in [2.45, 2.75) is 53.2 Å².